The normalized spacial score (nSPS) is 22.4. The van der Waals surface area contributed by atoms with Crippen molar-refractivity contribution in [1.29, 1.82) is 0 Å². The second-order valence-electron chi connectivity index (χ2n) is 4.77. The van der Waals surface area contributed by atoms with Crippen molar-refractivity contribution < 1.29 is 9.59 Å². The van der Waals surface area contributed by atoms with E-state index in [2.05, 4.69) is 19.2 Å². The molecular weight excluding hydrogens is 204 g/mol. The third-order valence-electron chi connectivity index (χ3n) is 3.27. The Labute approximate surface area is 97.4 Å². The molecule has 2 atom stereocenters. The molecule has 0 aromatic carbocycles. The molecule has 1 aliphatic heterocycles. The zero-order valence-corrected chi connectivity index (χ0v) is 10.5. The van der Waals surface area contributed by atoms with Crippen LogP contribution in [0.2, 0.25) is 0 Å². The predicted octanol–water partition coefficient (Wildman–Crippen LogP) is 1.02. The largest absolute Gasteiger partial charge is 0.355 e. The number of nitrogens with zero attached hydrogens (tertiary/aromatic N) is 1. The molecular formula is C12H22N2O2. The van der Waals surface area contributed by atoms with Gasteiger partial charge in [-0.1, -0.05) is 20.3 Å². The molecule has 2 unspecified atom stereocenters. The molecule has 0 bridgehead atoms. The van der Waals surface area contributed by atoms with Gasteiger partial charge in [-0.05, 0) is 12.3 Å². The van der Waals surface area contributed by atoms with E-state index in [4.69, 9.17) is 0 Å². The Balaban J connectivity index is 2.41. The summed E-state index contributed by atoms with van der Waals surface area (Å²) in [5.74, 6) is 0.743. The minimum atomic E-state index is -0.0215. The molecule has 0 aliphatic carbocycles. The highest BCUT2D eigenvalue weighted by molar-refractivity contribution is 5.83. The highest BCUT2D eigenvalue weighted by Crippen LogP contribution is 2.14. The van der Waals surface area contributed by atoms with Crippen molar-refractivity contribution in [3.8, 4) is 0 Å². The molecule has 0 saturated carbocycles. The second-order valence-corrected chi connectivity index (χ2v) is 4.77. The topological polar surface area (TPSA) is 49.4 Å². The van der Waals surface area contributed by atoms with Gasteiger partial charge in [-0.15, -0.1) is 0 Å². The molecule has 0 aromatic rings. The van der Waals surface area contributed by atoms with Crippen LogP contribution < -0.4 is 5.32 Å². The molecule has 0 spiro atoms. The van der Waals surface area contributed by atoms with Gasteiger partial charge in [-0.2, -0.15) is 0 Å². The molecule has 1 fully saturated rings. The summed E-state index contributed by atoms with van der Waals surface area (Å²) in [6, 6.07) is 0. The van der Waals surface area contributed by atoms with Crippen molar-refractivity contribution in [2.24, 2.45) is 11.8 Å². The fraction of sp³-hybridized carbons (Fsp3) is 0.833. The van der Waals surface area contributed by atoms with Gasteiger partial charge in [0.1, 0.15) is 0 Å². The Hall–Kier alpha value is -1.06. The van der Waals surface area contributed by atoms with E-state index < -0.39 is 0 Å². The summed E-state index contributed by atoms with van der Waals surface area (Å²) in [6.45, 7) is 5.58. The van der Waals surface area contributed by atoms with Crippen molar-refractivity contribution in [3.05, 3.63) is 0 Å². The molecule has 16 heavy (non-hydrogen) atoms. The third kappa shape index (κ3) is 3.51. The number of hydrogen-bond donors (Lipinski definition) is 1. The first-order chi connectivity index (χ1) is 7.54. The Morgan fingerprint density at radius 1 is 1.62 bits per heavy atom. The van der Waals surface area contributed by atoms with Gasteiger partial charge in [-0.3, -0.25) is 9.59 Å². The Morgan fingerprint density at radius 3 is 2.81 bits per heavy atom. The van der Waals surface area contributed by atoms with E-state index >= 15 is 0 Å². The lowest BCUT2D eigenvalue weighted by Gasteiger charge is -2.28. The third-order valence-corrected chi connectivity index (χ3v) is 3.27. The van der Waals surface area contributed by atoms with E-state index in [0.29, 0.717) is 25.3 Å². The van der Waals surface area contributed by atoms with Gasteiger partial charge in [-0.25, -0.2) is 0 Å². The molecule has 1 heterocycles. The van der Waals surface area contributed by atoms with Gasteiger partial charge >= 0.3 is 0 Å². The number of carbonyl (C=O) groups excluding carboxylic acids is 2. The monoisotopic (exact) mass is 226 g/mol. The number of hydrogen-bond acceptors (Lipinski definition) is 2. The summed E-state index contributed by atoms with van der Waals surface area (Å²) < 4.78 is 0. The van der Waals surface area contributed by atoms with Gasteiger partial charge in [0.05, 0.1) is 5.92 Å². The van der Waals surface area contributed by atoms with Crippen molar-refractivity contribution >= 4 is 11.8 Å². The minimum absolute atomic E-state index is 0.0215. The van der Waals surface area contributed by atoms with E-state index in [0.717, 1.165) is 13.0 Å². The summed E-state index contributed by atoms with van der Waals surface area (Å²) >= 11 is 0. The lowest BCUT2D eigenvalue weighted by Crippen LogP contribution is -2.44. The van der Waals surface area contributed by atoms with Crippen LogP contribution in [-0.2, 0) is 9.59 Å². The van der Waals surface area contributed by atoms with E-state index in [9.17, 15) is 9.59 Å². The fourth-order valence-corrected chi connectivity index (χ4v) is 1.94. The standard InChI is InChI=1S/C12H22N2O2/c1-4-9(2)8-14(3)12(16)10-5-6-11(15)13-7-10/h9-10H,4-8H2,1-3H3,(H,13,15). The lowest BCUT2D eigenvalue weighted by atomic mass is 9.97. The van der Waals surface area contributed by atoms with Crippen LogP contribution in [0.5, 0.6) is 0 Å². The van der Waals surface area contributed by atoms with Gasteiger partial charge in [0.15, 0.2) is 0 Å². The molecule has 2 amide bonds. The first kappa shape index (κ1) is 13.0. The Morgan fingerprint density at radius 2 is 2.31 bits per heavy atom. The number of nitrogens with one attached hydrogen (secondary N) is 1. The zero-order chi connectivity index (χ0) is 12.1. The van der Waals surface area contributed by atoms with Gasteiger partial charge < -0.3 is 10.2 Å². The van der Waals surface area contributed by atoms with E-state index in [-0.39, 0.29) is 17.7 Å². The summed E-state index contributed by atoms with van der Waals surface area (Å²) in [7, 11) is 1.85. The summed E-state index contributed by atoms with van der Waals surface area (Å²) in [6.07, 6.45) is 2.25. The SMILES string of the molecule is CCC(C)CN(C)C(=O)C1CCC(=O)NC1. The van der Waals surface area contributed by atoms with Gasteiger partial charge in [0, 0.05) is 26.6 Å². The van der Waals surface area contributed by atoms with Crippen molar-refractivity contribution in [2.75, 3.05) is 20.1 Å². The van der Waals surface area contributed by atoms with Gasteiger partial charge in [0.25, 0.3) is 0 Å². The first-order valence-corrected chi connectivity index (χ1v) is 6.06. The van der Waals surface area contributed by atoms with Crippen molar-refractivity contribution in [1.82, 2.24) is 10.2 Å². The molecule has 0 radical (unpaired) electrons. The van der Waals surface area contributed by atoms with Crippen LogP contribution in [0.1, 0.15) is 33.1 Å². The number of carbonyl (C=O) groups is 2. The van der Waals surface area contributed by atoms with Crippen LogP contribution in [0.25, 0.3) is 0 Å². The number of piperidine rings is 1. The maximum absolute atomic E-state index is 12.0. The van der Waals surface area contributed by atoms with Crippen LogP contribution in [-0.4, -0.2) is 36.9 Å². The Bertz CT molecular complexity index is 256. The molecule has 1 N–H and O–H groups in total. The molecule has 4 heteroatoms. The van der Waals surface area contributed by atoms with E-state index in [1.54, 1.807) is 4.90 Å². The van der Waals surface area contributed by atoms with E-state index in [1.165, 1.54) is 0 Å². The van der Waals surface area contributed by atoms with Crippen LogP contribution in [0.15, 0.2) is 0 Å². The molecule has 4 nitrogen and oxygen atoms in total. The van der Waals surface area contributed by atoms with Crippen LogP contribution in [0, 0.1) is 11.8 Å². The predicted molar refractivity (Wildman–Crippen MR) is 62.8 cm³/mol. The maximum Gasteiger partial charge on any atom is 0.227 e. The minimum Gasteiger partial charge on any atom is -0.355 e. The quantitative estimate of drug-likeness (QED) is 0.778. The van der Waals surface area contributed by atoms with Crippen LogP contribution in [0.3, 0.4) is 0 Å². The van der Waals surface area contributed by atoms with Crippen molar-refractivity contribution in [3.63, 3.8) is 0 Å². The van der Waals surface area contributed by atoms with Crippen molar-refractivity contribution in [2.45, 2.75) is 33.1 Å². The molecule has 1 rings (SSSR count). The summed E-state index contributed by atoms with van der Waals surface area (Å²) in [4.78, 5) is 24.8. The number of rotatable bonds is 4. The molecule has 1 aliphatic rings. The average Bonchev–Trinajstić information content (AvgIpc) is 2.28. The van der Waals surface area contributed by atoms with E-state index in [1.807, 2.05) is 7.05 Å². The maximum atomic E-state index is 12.0. The Kier molecular flexibility index (Phi) is 4.77. The van der Waals surface area contributed by atoms with Gasteiger partial charge in [0.2, 0.25) is 11.8 Å². The second kappa shape index (κ2) is 5.87. The highest BCUT2D eigenvalue weighted by atomic mass is 16.2. The van der Waals surface area contributed by atoms with Crippen LogP contribution in [0.4, 0.5) is 0 Å². The number of amides is 2. The van der Waals surface area contributed by atoms with Crippen LogP contribution >= 0.6 is 0 Å². The average molecular weight is 226 g/mol. The summed E-state index contributed by atoms with van der Waals surface area (Å²) in [5.41, 5.74) is 0. The molecule has 92 valence electrons. The first-order valence-electron chi connectivity index (χ1n) is 6.06. The fourth-order valence-electron chi connectivity index (χ4n) is 1.94. The smallest absolute Gasteiger partial charge is 0.227 e. The molecule has 1 saturated heterocycles. The zero-order valence-electron chi connectivity index (χ0n) is 10.5. The molecule has 0 aromatic heterocycles. The lowest BCUT2D eigenvalue weighted by molar-refractivity contribution is -0.136. The highest BCUT2D eigenvalue weighted by Gasteiger charge is 2.26. The summed E-state index contributed by atoms with van der Waals surface area (Å²) in [5, 5.41) is 2.75.